The van der Waals surface area contributed by atoms with E-state index < -0.39 is 11.8 Å². The average molecular weight is 323 g/mol. The second kappa shape index (κ2) is 6.08. The van der Waals surface area contributed by atoms with Gasteiger partial charge in [0.2, 0.25) is 5.91 Å². The fraction of sp³-hybridized carbons (Fsp3) is 0.111. The molecule has 6 heteroatoms. The van der Waals surface area contributed by atoms with E-state index in [1.165, 1.54) is 4.90 Å². The minimum Gasteiger partial charge on any atom is -0.449 e. The molecule has 1 heterocycles. The molecule has 24 heavy (non-hydrogen) atoms. The Labute approximate surface area is 139 Å². The summed E-state index contributed by atoms with van der Waals surface area (Å²) in [6, 6.07) is 12.5. The number of primary amides is 1. The van der Waals surface area contributed by atoms with Gasteiger partial charge in [0.15, 0.2) is 11.5 Å². The van der Waals surface area contributed by atoms with Gasteiger partial charge in [-0.05, 0) is 30.7 Å². The summed E-state index contributed by atoms with van der Waals surface area (Å²) < 4.78 is 5.71. The van der Waals surface area contributed by atoms with Crippen LogP contribution in [0.25, 0.3) is 6.08 Å². The van der Waals surface area contributed by atoms with Crippen LogP contribution in [0.5, 0.6) is 5.75 Å². The highest BCUT2D eigenvalue weighted by atomic mass is 16.5. The maximum Gasteiger partial charge on any atom is 0.294 e. The maximum absolute atomic E-state index is 12.7. The normalized spacial score (nSPS) is 15.1. The monoisotopic (exact) mass is 323 g/mol. The van der Waals surface area contributed by atoms with Gasteiger partial charge in [-0.15, -0.1) is 0 Å². The van der Waals surface area contributed by atoms with Gasteiger partial charge in [0, 0.05) is 11.8 Å². The quantitative estimate of drug-likeness (QED) is 0.665. The van der Waals surface area contributed by atoms with Crippen molar-refractivity contribution in [2.24, 2.45) is 5.73 Å². The van der Waals surface area contributed by atoms with Crippen molar-refractivity contribution < 1.29 is 14.3 Å². The molecule has 0 atom stereocenters. The molecule has 0 unspecified atom stereocenters. The number of benzene rings is 2. The molecule has 0 bridgehead atoms. The Balaban J connectivity index is 2.04. The molecule has 122 valence electrons. The van der Waals surface area contributed by atoms with Crippen LogP contribution in [0, 0.1) is 6.92 Å². The molecule has 2 aromatic rings. The highest BCUT2D eigenvalue weighted by Gasteiger charge is 2.31. The standard InChI is InChI=1S/C18H17N3O3/c1-11-2-4-12(5-3-11)8-16-18(23)21(10-17(20)22)14-7-6-13(19)9-15(14)24-16/h2-9H,10,19H2,1H3,(H2,20,22)/b16-8+. The molecule has 1 aliphatic heterocycles. The predicted molar refractivity (Wildman–Crippen MR) is 92.2 cm³/mol. The number of fused-ring (bicyclic) bond motifs is 1. The van der Waals surface area contributed by atoms with E-state index >= 15 is 0 Å². The fourth-order valence-corrected chi connectivity index (χ4v) is 2.46. The van der Waals surface area contributed by atoms with Gasteiger partial charge in [0.1, 0.15) is 6.54 Å². The van der Waals surface area contributed by atoms with Gasteiger partial charge < -0.3 is 16.2 Å². The summed E-state index contributed by atoms with van der Waals surface area (Å²) in [4.78, 5) is 25.3. The summed E-state index contributed by atoms with van der Waals surface area (Å²) in [6.45, 7) is 1.75. The van der Waals surface area contributed by atoms with Crippen molar-refractivity contribution in [3.05, 3.63) is 59.4 Å². The maximum atomic E-state index is 12.7. The number of rotatable bonds is 3. The van der Waals surface area contributed by atoms with Crippen LogP contribution >= 0.6 is 0 Å². The number of nitrogens with zero attached hydrogens (tertiary/aromatic N) is 1. The molecule has 3 rings (SSSR count). The topological polar surface area (TPSA) is 98.7 Å². The minimum atomic E-state index is -0.609. The highest BCUT2D eigenvalue weighted by Crippen LogP contribution is 2.37. The Kier molecular flexibility index (Phi) is 3.95. The van der Waals surface area contributed by atoms with Crippen LogP contribution in [0.4, 0.5) is 11.4 Å². The number of anilines is 2. The van der Waals surface area contributed by atoms with Crippen LogP contribution in [0.2, 0.25) is 0 Å². The third-order valence-corrected chi connectivity index (χ3v) is 3.64. The number of nitrogen functional groups attached to an aromatic ring is 1. The highest BCUT2D eigenvalue weighted by molar-refractivity contribution is 6.12. The summed E-state index contributed by atoms with van der Waals surface area (Å²) in [5.74, 6) is -0.512. The number of hydrogen-bond acceptors (Lipinski definition) is 4. The lowest BCUT2D eigenvalue weighted by atomic mass is 10.1. The summed E-state index contributed by atoms with van der Waals surface area (Å²) in [5, 5.41) is 0. The second-order valence-electron chi connectivity index (χ2n) is 5.61. The Bertz CT molecular complexity index is 841. The summed E-state index contributed by atoms with van der Waals surface area (Å²) in [7, 11) is 0. The minimum absolute atomic E-state index is 0.109. The molecule has 0 fully saturated rings. The molecular weight excluding hydrogens is 306 g/mol. The van der Waals surface area contributed by atoms with Crippen molar-refractivity contribution in [3.63, 3.8) is 0 Å². The zero-order valence-corrected chi connectivity index (χ0v) is 13.2. The van der Waals surface area contributed by atoms with Crippen LogP contribution in [-0.2, 0) is 9.59 Å². The molecule has 6 nitrogen and oxygen atoms in total. The van der Waals surface area contributed by atoms with Crippen LogP contribution in [0.15, 0.2) is 48.2 Å². The third kappa shape index (κ3) is 3.08. The van der Waals surface area contributed by atoms with Gasteiger partial charge >= 0.3 is 0 Å². The largest absolute Gasteiger partial charge is 0.449 e. The van der Waals surface area contributed by atoms with Gasteiger partial charge in [0.05, 0.1) is 5.69 Å². The van der Waals surface area contributed by atoms with E-state index in [0.29, 0.717) is 17.1 Å². The number of nitrogens with two attached hydrogens (primary N) is 2. The van der Waals surface area contributed by atoms with Gasteiger partial charge in [-0.1, -0.05) is 29.8 Å². The number of amides is 2. The van der Waals surface area contributed by atoms with Gasteiger partial charge in [-0.25, -0.2) is 0 Å². The fourth-order valence-electron chi connectivity index (χ4n) is 2.46. The first-order valence-corrected chi connectivity index (χ1v) is 7.40. The van der Waals surface area contributed by atoms with Gasteiger partial charge in [0.25, 0.3) is 5.91 Å². The smallest absolute Gasteiger partial charge is 0.294 e. The Hall–Kier alpha value is -3.28. The Morgan fingerprint density at radius 1 is 1.21 bits per heavy atom. The van der Waals surface area contributed by atoms with Crippen molar-refractivity contribution in [2.45, 2.75) is 6.92 Å². The van der Waals surface area contributed by atoms with Crippen LogP contribution in [0.1, 0.15) is 11.1 Å². The summed E-state index contributed by atoms with van der Waals surface area (Å²) in [5.41, 5.74) is 13.9. The third-order valence-electron chi connectivity index (χ3n) is 3.64. The number of aryl methyl sites for hydroxylation is 1. The molecule has 0 aliphatic carbocycles. The van der Waals surface area contributed by atoms with E-state index in [1.807, 2.05) is 31.2 Å². The van der Waals surface area contributed by atoms with E-state index in [0.717, 1.165) is 11.1 Å². The first-order chi connectivity index (χ1) is 11.4. The Morgan fingerprint density at radius 2 is 1.92 bits per heavy atom. The molecule has 4 N–H and O–H groups in total. The van der Waals surface area contributed by atoms with E-state index in [4.69, 9.17) is 16.2 Å². The molecule has 2 amide bonds. The zero-order valence-electron chi connectivity index (χ0n) is 13.2. The molecular formula is C18H17N3O3. The molecule has 0 radical (unpaired) electrons. The van der Waals surface area contributed by atoms with Crippen LogP contribution < -0.4 is 21.1 Å². The molecule has 1 aliphatic rings. The summed E-state index contributed by atoms with van der Waals surface area (Å²) in [6.07, 6.45) is 1.63. The number of hydrogen-bond donors (Lipinski definition) is 2. The number of ether oxygens (including phenoxy) is 1. The van der Waals surface area contributed by atoms with Crippen molar-refractivity contribution in [1.29, 1.82) is 0 Å². The van der Waals surface area contributed by atoms with Crippen molar-refractivity contribution in [3.8, 4) is 5.75 Å². The van der Waals surface area contributed by atoms with E-state index in [2.05, 4.69) is 0 Å². The molecule has 0 saturated carbocycles. The lowest BCUT2D eigenvalue weighted by Crippen LogP contribution is -2.42. The van der Waals surface area contributed by atoms with Crippen molar-refractivity contribution in [2.75, 3.05) is 17.2 Å². The SMILES string of the molecule is Cc1ccc(/C=C2/Oc3cc(N)ccc3N(CC(N)=O)C2=O)cc1. The van der Waals surface area contributed by atoms with Crippen LogP contribution in [0.3, 0.4) is 0 Å². The first-order valence-electron chi connectivity index (χ1n) is 7.40. The lowest BCUT2D eigenvalue weighted by Gasteiger charge is -2.29. The lowest BCUT2D eigenvalue weighted by molar-refractivity contribution is -0.121. The first kappa shape index (κ1) is 15.6. The molecule has 2 aromatic carbocycles. The average Bonchev–Trinajstić information content (AvgIpc) is 2.53. The number of carbonyl (C=O) groups excluding carboxylic acids is 2. The van der Waals surface area contributed by atoms with Crippen molar-refractivity contribution in [1.82, 2.24) is 0 Å². The van der Waals surface area contributed by atoms with Crippen molar-refractivity contribution >= 4 is 29.3 Å². The molecule has 0 spiro atoms. The van der Waals surface area contributed by atoms with Crippen LogP contribution in [-0.4, -0.2) is 18.4 Å². The molecule has 0 aromatic heterocycles. The van der Waals surface area contributed by atoms with E-state index in [9.17, 15) is 9.59 Å². The molecule has 0 saturated heterocycles. The van der Waals surface area contributed by atoms with Gasteiger partial charge in [-0.2, -0.15) is 0 Å². The van der Waals surface area contributed by atoms with E-state index in [-0.39, 0.29) is 12.3 Å². The predicted octanol–water partition coefficient (Wildman–Crippen LogP) is 1.83. The van der Waals surface area contributed by atoms with E-state index in [1.54, 1.807) is 24.3 Å². The Morgan fingerprint density at radius 3 is 2.58 bits per heavy atom. The van der Waals surface area contributed by atoms with Gasteiger partial charge in [-0.3, -0.25) is 14.5 Å². The summed E-state index contributed by atoms with van der Waals surface area (Å²) >= 11 is 0. The second-order valence-corrected chi connectivity index (χ2v) is 5.61. The zero-order chi connectivity index (χ0) is 17.3. The number of carbonyl (C=O) groups is 2.